The second-order valence-corrected chi connectivity index (χ2v) is 5.87. The zero-order valence-electron chi connectivity index (χ0n) is 13.5. The van der Waals surface area contributed by atoms with Gasteiger partial charge in [0.1, 0.15) is 11.2 Å². The number of hydrogen-bond donors (Lipinski definition) is 2. The van der Waals surface area contributed by atoms with Crippen molar-refractivity contribution in [3.8, 4) is 0 Å². The van der Waals surface area contributed by atoms with Crippen LogP contribution in [0.2, 0.25) is 0 Å². The molecular formula is C18H21N3O2. The van der Waals surface area contributed by atoms with E-state index in [1.165, 1.54) is 0 Å². The molecule has 0 fully saturated rings. The van der Waals surface area contributed by atoms with E-state index >= 15 is 0 Å². The van der Waals surface area contributed by atoms with Crippen molar-refractivity contribution in [2.24, 2.45) is 0 Å². The van der Waals surface area contributed by atoms with Gasteiger partial charge in [-0.15, -0.1) is 0 Å². The maximum Gasteiger partial charge on any atom is 0.339 e. The third-order valence-corrected chi connectivity index (χ3v) is 4.32. The summed E-state index contributed by atoms with van der Waals surface area (Å²) in [4.78, 5) is 16.1. The summed E-state index contributed by atoms with van der Waals surface area (Å²) in [6.45, 7) is 4.73. The maximum absolute atomic E-state index is 11.5. The Balaban J connectivity index is 2.35. The molecule has 0 spiro atoms. The summed E-state index contributed by atoms with van der Waals surface area (Å²) in [5.74, 6) is -1.03. The molecule has 0 aliphatic heterocycles. The van der Waals surface area contributed by atoms with Crippen molar-refractivity contribution in [1.29, 1.82) is 0 Å². The van der Waals surface area contributed by atoms with Crippen LogP contribution in [0.15, 0.2) is 24.3 Å². The average molecular weight is 311 g/mol. The molecule has 5 nitrogen and oxygen atoms in total. The van der Waals surface area contributed by atoms with E-state index in [-0.39, 0.29) is 5.56 Å². The van der Waals surface area contributed by atoms with Crippen LogP contribution in [0, 0.1) is 6.92 Å². The van der Waals surface area contributed by atoms with Crippen LogP contribution in [0.4, 0.5) is 5.69 Å². The highest BCUT2D eigenvalue weighted by molar-refractivity contribution is 6.16. The van der Waals surface area contributed by atoms with Crippen molar-refractivity contribution in [1.82, 2.24) is 9.55 Å². The second-order valence-electron chi connectivity index (χ2n) is 5.87. The largest absolute Gasteiger partial charge is 0.478 e. The van der Waals surface area contributed by atoms with E-state index in [9.17, 15) is 9.90 Å². The van der Waals surface area contributed by atoms with E-state index < -0.39 is 5.97 Å². The molecule has 0 atom stereocenters. The van der Waals surface area contributed by atoms with Gasteiger partial charge in [-0.2, -0.15) is 0 Å². The smallest absolute Gasteiger partial charge is 0.339 e. The molecule has 1 aromatic carbocycles. The Hall–Kier alpha value is -2.56. The van der Waals surface area contributed by atoms with E-state index in [1.807, 2.05) is 24.3 Å². The zero-order valence-corrected chi connectivity index (χ0v) is 13.5. The molecule has 23 heavy (non-hydrogen) atoms. The Morgan fingerprint density at radius 2 is 2.04 bits per heavy atom. The third kappa shape index (κ3) is 2.42. The molecule has 0 aliphatic rings. The van der Waals surface area contributed by atoms with Crippen molar-refractivity contribution in [3.63, 3.8) is 0 Å². The van der Waals surface area contributed by atoms with Gasteiger partial charge in [0.25, 0.3) is 0 Å². The first-order chi connectivity index (χ1) is 11.1. The summed E-state index contributed by atoms with van der Waals surface area (Å²) < 4.78 is 2.16. The Bertz CT molecular complexity index is 896. The number of anilines is 1. The van der Waals surface area contributed by atoms with Gasteiger partial charge >= 0.3 is 5.97 Å². The Kier molecular flexibility index (Phi) is 3.94. The van der Waals surface area contributed by atoms with E-state index in [1.54, 1.807) is 6.92 Å². The minimum atomic E-state index is -1.03. The number of carbonyl (C=O) groups is 1. The molecule has 0 bridgehead atoms. The van der Waals surface area contributed by atoms with Crippen LogP contribution in [-0.2, 0) is 6.54 Å². The van der Waals surface area contributed by atoms with Crippen LogP contribution in [0.3, 0.4) is 0 Å². The number of nitrogens with zero attached hydrogens (tertiary/aromatic N) is 2. The Labute approximate surface area is 134 Å². The minimum Gasteiger partial charge on any atom is -0.478 e. The number of carboxylic acid groups (broad SMARTS) is 1. The first kappa shape index (κ1) is 15.3. The number of aryl methyl sites for hydroxylation is 2. The minimum absolute atomic E-state index is 0.106. The number of para-hydroxylation sites is 1. The molecule has 3 aromatic rings. The molecule has 3 N–H and O–H groups in total. The number of hydrogen-bond acceptors (Lipinski definition) is 3. The van der Waals surface area contributed by atoms with Crippen LogP contribution in [0.25, 0.3) is 21.9 Å². The number of nitrogen functional groups attached to an aromatic ring is 1. The first-order valence-corrected chi connectivity index (χ1v) is 7.96. The number of fused-ring (bicyclic) bond motifs is 3. The standard InChI is InChI=1S/C18H21N3O2/c1-3-4-7-10-21-13-9-6-5-8-12(13)15-16(19)14(18(22)23)11(2)20-17(15)21/h5-6,8-9H,3-4,7,10H2,1-2H3,(H2,19,20)(H,22,23). The second kappa shape index (κ2) is 5.91. The van der Waals surface area contributed by atoms with Crippen LogP contribution in [-0.4, -0.2) is 20.6 Å². The number of pyridine rings is 1. The number of benzene rings is 1. The highest BCUT2D eigenvalue weighted by Crippen LogP contribution is 2.35. The van der Waals surface area contributed by atoms with E-state index in [0.717, 1.165) is 47.7 Å². The number of aromatic nitrogens is 2. The molecule has 0 saturated heterocycles. The van der Waals surface area contributed by atoms with E-state index in [2.05, 4.69) is 16.5 Å². The van der Waals surface area contributed by atoms with Crippen LogP contribution >= 0.6 is 0 Å². The summed E-state index contributed by atoms with van der Waals surface area (Å²) in [6, 6.07) is 7.95. The normalized spacial score (nSPS) is 11.4. The molecule has 0 aliphatic carbocycles. The highest BCUT2D eigenvalue weighted by atomic mass is 16.4. The van der Waals surface area contributed by atoms with Gasteiger partial charge in [-0.05, 0) is 19.4 Å². The van der Waals surface area contributed by atoms with Crippen LogP contribution in [0.5, 0.6) is 0 Å². The number of unbranched alkanes of at least 4 members (excludes halogenated alkanes) is 2. The van der Waals surface area contributed by atoms with Crippen molar-refractivity contribution < 1.29 is 9.90 Å². The van der Waals surface area contributed by atoms with Crippen LogP contribution in [0.1, 0.15) is 42.2 Å². The van der Waals surface area contributed by atoms with E-state index in [0.29, 0.717) is 11.4 Å². The fourth-order valence-electron chi connectivity index (χ4n) is 3.22. The number of aromatic carboxylic acids is 1. The fourth-order valence-corrected chi connectivity index (χ4v) is 3.22. The summed E-state index contributed by atoms with van der Waals surface area (Å²) in [5, 5.41) is 11.1. The SMILES string of the molecule is CCCCCn1c2ccccc2c2c(N)c(C(=O)O)c(C)nc21. The predicted molar refractivity (Wildman–Crippen MR) is 92.9 cm³/mol. The lowest BCUT2D eigenvalue weighted by Gasteiger charge is -2.09. The van der Waals surface area contributed by atoms with Crippen molar-refractivity contribution in [3.05, 3.63) is 35.5 Å². The zero-order chi connectivity index (χ0) is 16.6. The Morgan fingerprint density at radius 1 is 1.30 bits per heavy atom. The number of carboxylic acids is 1. The average Bonchev–Trinajstić information content (AvgIpc) is 2.81. The molecule has 0 radical (unpaired) electrons. The lowest BCUT2D eigenvalue weighted by Crippen LogP contribution is -2.08. The lowest BCUT2D eigenvalue weighted by atomic mass is 10.1. The molecule has 0 unspecified atom stereocenters. The van der Waals surface area contributed by atoms with Crippen molar-refractivity contribution >= 4 is 33.6 Å². The van der Waals surface area contributed by atoms with Gasteiger partial charge in [-0.25, -0.2) is 9.78 Å². The topological polar surface area (TPSA) is 81.1 Å². The number of rotatable bonds is 5. The summed E-state index contributed by atoms with van der Waals surface area (Å²) in [6.07, 6.45) is 3.36. The molecule has 5 heteroatoms. The first-order valence-electron chi connectivity index (χ1n) is 7.96. The lowest BCUT2D eigenvalue weighted by molar-refractivity contribution is 0.0697. The molecular weight excluding hydrogens is 290 g/mol. The van der Waals surface area contributed by atoms with Gasteiger partial charge in [0, 0.05) is 11.9 Å². The maximum atomic E-state index is 11.5. The van der Waals surface area contributed by atoms with Crippen molar-refractivity contribution in [2.45, 2.75) is 39.7 Å². The number of nitrogens with two attached hydrogens (primary N) is 1. The van der Waals surface area contributed by atoms with Gasteiger partial charge in [0.05, 0.1) is 22.3 Å². The summed E-state index contributed by atoms with van der Waals surface area (Å²) in [7, 11) is 0. The van der Waals surface area contributed by atoms with Gasteiger partial charge in [-0.1, -0.05) is 38.0 Å². The van der Waals surface area contributed by atoms with Gasteiger partial charge < -0.3 is 15.4 Å². The highest BCUT2D eigenvalue weighted by Gasteiger charge is 2.21. The molecule has 0 saturated carbocycles. The molecule has 3 rings (SSSR count). The Morgan fingerprint density at radius 3 is 2.74 bits per heavy atom. The third-order valence-electron chi connectivity index (χ3n) is 4.32. The molecule has 120 valence electrons. The predicted octanol–water partition coefficient (Wildman–Crippen LogP) is 3.97. The van der Waals surface area contributed by atoms with E-state index in [4.69, 9.17) is 5.73 Å². The molecule has 2 aromatic heterocycles. The molecule has 0 amide bonds. The fraction of sp³-hybridized carbons (Fsp3) is 0.333. The quantitative estimate of drug-likeness (QED) is 0.699. The molecule has 2 heterocycles. The van der Waals surface area contributed by atoms with Gasteiger partial charge in [-0.3, -0.25) is 0 Å². The van der Waals surface area contributed by atoms with Gasteiger partial charge in [0.15, 0.2) is 0 Å². The van der Waals surface area contributed by atoms with Crippen molar-refractivity contribution in [2.75, 3.05) is 5.73 Å². The summed E-state index contributed by atoms with van der Waals surface area (Å²) in [5.41, 5.74) is 8.93. The van der Waals surface area contributed by atoms with Gasteiger partial charge in [0.2, 0.25) is 0 Å². The summed E-state index contributed by atoms with van der Waals surface area (Å²) >= 11 is 0. The van der Waals surface area contributed by atoms with Crippen LogP contribution < -0.4 is 5.73 Å². The monoisotopic (exact) mass is 311 g/mol.